The lowest BCUT2D eigenvalue weighted by Gasteiger charge is -2.36. The molecule has 0 saturated carbocycles. The average Bonchev–Trinajstić information content (AvgIpc) is 3.36. The quantitative estimate of drug-likeness (QED) is 0.367. The van der Waals surface area contributed by atoms with Crippen LogP contribution in [0.3, 0.4) is 0 Å². The number of carboxylic acids is 1. The third-order valence-electron chi connectivity index (χ3n) is 6.14. The number of aliphatic carboxylic acids is 1. The Morgan fingerprint density at radius 1 is 1.20 bits per heavy atom. The van der Waals surface area contributed by atoms with Crippen LogP contribution in [0.5, 0.6) is 5.75 Å². The molecule has 10 heteroatoms. The van der Waals surface area contributed by atoms with Gasteiger partial charge in [0.2, 0.25) is 0 Å². The maximum Gasteiger partial charge on any atom is 0.426 e. The van der Waals surface area contributed by atoms with Crippen LogP contribution < -0.4 is 4.74 Å². The number of aromatic nitrogens is 2. The molecule has 1 aliphatic rings. The first-order valence-electron chi connectivity index (χ1n) is 11.0. The van der Waals surface area contributed by atoms with Gasteiger partial charge in [-0.3, -0.25) is 9.69 Å². The molecule has 1 N–H and O–H groups in total. The van der Waals surface area contributed by atoms with Gasteiger partial charge in [0.1, 0.15) is 22.9 Å². The Hall–Kier alpha value is -3.37. The molecule has 0 atom stereocenters. The van der Waals surface area contributed by atoms with Gasteiger partial charge in [0.05, 0.1) is 12.1 Å². The monoisotopic (exact) mass is 501 g/mol. The largest absolute Gasteiger partial charge is 0.486 e. The molecule has 4 aromatic rings. The first-order valence-corrected chi connectivity index (χ1v) is 11.8. The first-order chi connectivity index (χ1) is 16.7. The molecule has 1 aliphatic heterocycles. The van der Waals surface area contributed by atoms with Crippen molar-refractivity contribution in [3.05, 3.63) is 70.2 Å². The highest BCUT2D eigenvalue weighted by molar-refractivity contribution is 7.12. The second kappa shape index (κ2) is 9.01. The van der Waals surface area contributed by atoms with Crippen molar-refractivity contribution in [3.8, 4) is 16.9 Å². The lowest BCUT2D eigenvalue weighted by molar-refractivity contribution is -0.147. The maximum absolute atomic E-state index is 13.6. The van der Waals surface area contributed by atoms with Gasteiger partial charge in [0, 0.05) is 48.2 Å². The van der Waals surface area contributed by atoms with Crippen LogP contribution in [-0.2, 0) is 31.2 Å². The summed E-state index contributed by atoms with van der Waals surface area (Å²) >= 11 is 0.687. The number of alkyl halides is 3. The van der Waals surface area contributed by atoms with Crippen molar-refractivity contribution in [3.63, 3.8) is 0 Å². The van der Waals surface area contributed by atoms with E-state index in [0.29, 0.717) is 47.2 Å². The van der Waals surface area contributed by atoms with Gasteiger partial charge in [-0.1, -0.05) is 30.3 Å². The normalized spacial score (nSPS) is 14.9. The highest BCUT2D eigenvalue weighted by Crippen LogP contribution is 2.43. The standard InChI is InChI=1S/C25H22F3N3O3S/c1-30-18(13-31-11-17(12-31)24(32)33)7-16-8-19(10-29-23(16)30)34-14-20-9-21(15-5-3-2-4-6-15)22(35-20)25(26,27)28/h2-10,17H,11-14H2,1H3,(H,32,33). The van der Waals surface area contributed by atoms with Crippen molar-refractivity contribution in [1.29, 1.82) is 0 Å². The number of halogens is 3. The summed E-state index contributed by atoms with van der Waals surface area (Å²) < 4.78 is 48.7. The van der Waals surface area contributed by atoms with E-state index in [-0.39, 0.29) is 18.1 Å². The fraction of sp³-hybridized carbons (Fsp3) is 0.280. The Morgan fingerprint density at radius 3 is 2.63 bits per heavy atom. The van der Waals surface area contributed by atoms with Crippen molar-refractivity contribution < 1.29 is 27.8 Å². The molecule has 0 spiro atoms. The zero-order valence-corrected chi connectivity index (χ0v) is 19.6. The highest BCUT2D eigenvalue weighted by atomic mass is 32.1. The number of hydrogen-bond donors (Lipinski definition) is 1. The number of rotatable bonds is 7. The predicted molar refractivity (Wildman–Crippen MR) is 126 cm³/mol. The summed E-state index contributed by atoms with van der Waals surface area (Å²) in [5.74, 6) is -0.626. The molecule has 1 fully saturated rings. The zero-order chi connectivity index (χ0) is 24.7. The van der Waals surface area contributed by atoms with Gasteiger partial charge in [0.15, 0.2) is 0 Å². The number of nitrogens with zero attached hydrogens (tertiary/aromatic N) is 3. The van der Waals surface area contributed by atoms with Crippen LogP contribution in [0.15, 0.2) is 54.7 Å². The van der Waals surface area contributed by atoms with Crippen LogP contribution in [0, 0.1) is 5.92 Å². The van der Waals surface area contributed by atoms with Crippen LogP contribution in [-0.4, -0.2) is 38.6 Å². The lowest BCUT2D eigenvalue weighted by atomic mass is 10.0. The molecule has 182 valence electrons. The number of hydrogen-bond acceptors (Lipinski definition) is 5. The van der Waals surface area contributed by atoms with Crippen molar-refractivity contribution >= 4 is 28.3 Å². The molecule has 3 aromatic heterocycles. The third-order valence-corrected chi connectivity index (χ3v) is 7.29. The fourth-order valence-electron chi connectivity index (χ4n) is 4.28. The number of pyridine rings is 1. The molecule has 1 aromatic carbocycles. The van der Waals surface area contributed by atoms with Crippen molar-refractivity contribution in [1.82, 2.24) is 14.5 Å². The highest BCUT2D eigenvalue weighted by Gasteiger charge is 2.36. The molecule has 5 rings (SSSR count). The summed E-state index contributed by atoms with van der Waals surface area (Å²) in [7, 11) is 1.90. The minimum absolute atomic E-state index is 0.00217. The molecule has 4 heterocycles. The van der Waals surface area contributed by atoms with Crippen LogP contribution in [0.2, 0.25) is 0 Å². The van der Waals surface area contributed by atoms with Crippen molar-refractivity contribution in [2.24, 2.45) is 13.0 Å². The Labute approximate surface area is 203 Å². The molecule has 1 saturated heterocycles. The average molecular weight is 502 g/mol. The van der Waals surface area contributed by atoms with Gasteiger partial charge >= 0.3 is 12.1 Å². The predicted octanol–water partition coefficient (Wildman–Crippen LogP) is 5.42. The second-order valence-corrected chi connectivity index (χ2v) is 9.75. The second-order valence-electron chi connectivity index (χ2n) is 8.62. The van der Waals surface area contributed by atoms with Gasteiger partial charge in [0.25, 0.3) is 0 Å². The SMILES string of the molecule is Cn1c(CN2CC(C(=O)O)C2)cc2cc(OCc3cc(-c4ccccc4)c(C(F)(F)F)s3)cnc21. The van der Waals surface area contributed by atoms with Gasteiger partial charge in [-0.15, -0.1) is 11.3 Å². The summed E-state index contributed by atoms with van der Waals surface area (Å²) in [6.45, 7) is 1.65. The van der Waals surface area contributed by atoms with E-state index < -0.39 is 17.0 Å². The molecule has 35 heavy (non-hydrogen) atoms. The Morgan fingerprint density at radius 2 is 1.94 bits per heavy atom. The molecule has 6 nitrogen and oxygen atoms in total. The van der Waals surface area contributed by atoms with E-state index in [0.717, 1.165) is 16.7 Å². The van der Waals surface area contributed by atoms with Crippen molar-refractivity contribution in [2.45, 2.75) is 19.3 Å². The molecule has 0 unspecified atom stereocenters. The minimum atomic E-state index is -4.45. The minimum Gasteiger partial charge on any atom is -0.486 e. The van der Waals surface area contributed by atoms with E-state index in [1.165, 1.54) is 6.07 Å². The molecule has 0 amide bonds. The van der Waals surface area contributed by atoms with E-state index in [9.17, 15) is 18.0 Å². The first kappa shape index (κ1) is 23.4. The van der Waals surface area contributed by atoms with Crippen LogP contribution in [0.4, 0.5) is 13.2 Å². The van der Waals surface area contributed by atoms with Gasteiger partial charge < -0.3 is 14.4 Å². The molecule has 0 aliphatic carbocycles. The van der Waals surface area contributed by atoms with E-state index >= 15 is 0 Å². The summed E-state index contributed by atoms with van der Waals surface area (Å²) in [5, 5.41) is 9.90. The molecule has 0 bridgehead atoms. The van der Waals surface area contributed by atoms with E-state index in [2.05, 4.69) is 9.88 Å². The summed E-state index contributed by atoms with van der Waals surface area (Å²) in [6, 6.07) is 13.8. The van der Waals surface area contributed by atoms with E-state index in [1.807, 2.05) is 23.7 Å². The van der Waals surface area contributed by atoms with Crippen LogP contribution in [0.25, 0.3) is 22.2 Å². The number of aryl methyl sites for hydroxylation is 1. The molecular formula is C25H22F3N3O3S. The van der Waals surface area contributed by atoms with Gasteiger partial charge in [-0.2, -0.15) is 13.2 Å². The fourth-order valence-corrected chi connectivity index (χ4v) is 5.24. The van der Waals surface area contributed by atoms with E-state index in [4.69, 9.17) is 9.84 Å². The zero-order valence-electron chi connectivity index (χ0n) is 18.7. The third kappa shape index (κ3) is 4.76. The van der Waals surface area contributed by atoms with Crippen LogP contribution >= 0.6 is 11.3 Å². The molecule has 0 radical (unpaired) electrons. The topological polar surface area (TPSA) is 67.6 Å². The number of likely N-dealkylation sites (tertiary alicyclic amines) is 1. The smallest absolute Gasteiger partial charge is 0.426 e. The summed E-state index contributed by atoms with van der Waals surface area (Å²) in [6.07, 6.45) is -2.89. The Bertz CT molecular complexity index is 1380. The lowest BCUT2D eigenvalue weighted by Crippen LogP contribution is -2.49. The number of carbonyl (C=O) groups is 1. The van der Waals surface area contributed by atoms with E-state index in [1.54, 1.807) is 36.5 Å². The van der Waals surface area contributed by atoms with Gasteiger partial charge in [-0.25, -0.2) is 4.98 Å². The summed E-state index contributed by atoms with van der Waals surface area (Å²) in [5.41, 5.74) is 2.41. The number of carboxylic acid groups (broad SMARTS) is 1. The van der Waals surface area contributed by atoms with Crippen molar-refractivity contribution in [2.75, 3.05) is 13.1 Å². The maximum atomic E-state index is 13.6. The number of fused-ring (bicyclic) bond motifs is 1. The molecular weight excluding hydrogens is 479 g/mol. The summed E-state index contributed by atoms with van der Waals surface area (Å²) in [4.78, 5) is 17.4. The number of benzene rings is 1. The Balaban J connectivity index is 1.31. The van der Waals surface area contributed by atoms with Gasteiger partial charge in [-0.05, 0) is 23.8 Å². The Kier molecular flexibility index (Phi) is 6.02. The number of thiophene rings is 1. The van der Waals surface area contributed by atoms with Crippen LogP contribution in [0.1, 0.15) is 15.4 Å². The number of ether oxygens (including phenoxy) is 1.